The molecule has 3 N–H and O–H groups in total. The Kier molecular flexibility index (Phi) is 7.20. The molecule has 0 atom stereocenters. The summed E-state index contributed by atoms with van der Waals surface area (Å²) < 4.78 is 5.23. The van der Waals surface area contributed by atoms with Crippen molar-refractivity contribution >= 4 is 23.5 Å². The zero-order valence-electron chi connectivity index (χ0n) is 20.2. The third-order valence-corrected chi connectivity index (χ3v) is 6.66. The molecule has 0 spiro atoms. The number of benzene rings is 1. The molecule has 0 unspecified atom stereocenters. The number of hydrogen-bond acceptors (Lipinski definition) is 6. The van der Waals surface area contributed by atoms with Crippen LogP contribution in [0.2, 0.25) is 0 Å². The Morgan fingerprint density at radius 2 is 1.79 bits per heavy atom. The van der Waals surface area contributed by atoms with E-state index in [-0.39, 0.29) is 12.1 Å². The second-order valence-electron chi connectivity index (χ2n) is 9.37. The van der Waals surface area contributed by atoms with E-state index >= 15 is 0 Å². The molecule has 2 aromatic rings. The molecule has 178 valence electrons. The Morgan fingerprint density at radius 1 is 1.06 bits per heavy atom. The highest BCUT2D eigenvalue weighted by molar-refractivity contribution is 5.90. The molecule has 1 aromatic carbocycles. The number of carbonyl (C=O) groups excluding carboxylic acids is 1. The quantitative estimate of drug-likeness (QED) is 0.606. The van der Waals surface area contributed by atoms with Crippen molar-refractivity contribution in [2.24, 2.45) is 0 Å². The Hall–Kier alpha value is -3.03. The van der Waals surface area contributed by atoms with E-state index in [1.54, 1.807) is 7.11 Å². The van der Waals surface area contributed by atoms with Gasteiger partial charge in [-0.15, -0.1) is 0 Å². The molecule has 2 aliphatic rings. The predicted molar refractivity (Wildman–Crippen MR) is 133 cm³/mol. The lowest BCUT2D eigenvalue weighted by Gasteiger charge is -2.30. The molecule has 2 aliphatic carbocycles. The normalized spacial score (nSPS) is 19.9. The van der Waals surface area contributed by atoms with Crippen LogP contribution in [0.15, 0.2) is 18.2 Å². The summed E-state index contributed by atoms with van der Waals surface area (Å²) in [4.78, 5) is 24.3. The van der Waals surface area contributed by atoms with Gasteiger partial charge in [-0.25, -0.2) is 9.78 Å². The highest BCUT2D eigenvalue weighted by Crippen LogP contribution is 2.29. The van der Waals surface area contributed by atoms with Crippen molar-refractivity contribution in [1.82, 2.24) is 15.3 Å². The minimum Gasteiger partial charge on any atom is -0.497 e. The van der Waals surface area contributed by atoms with Crippen molar-refractivity contribution < 1.29 is 9.53 Å². The highest BCUT2D eigenvalue weighted by Gasteiger charge is 2.25. The first-order valence-corrected chi connectivity index (χ1v) is 12.0. The number of aromatic nitrogens is 2. The second kappa shape index (κ2) is 10.3. The maximum absolute atomic E-state index is 12.5. The van der Waals surface area contributed by atoms with Crippen LogP contribution in [0.4, 0.5) is 22.2 Å². The number of urea groups is 1. The molecule has 1 aromatic heterocycles. The first kappa shape index (κ1) is 23.1. The van der Waals surface area contributed by atoms with Crippen molar-refractivity contribution in [3.63, 3.8) is 0 Å². The Labute approximate surface area is 196 Å². The number of aryl methyl sites for hydroxylation is 2. The number of fused-ring (bicyclic) bond motifs is 1. The number of hydrogen-bond donors (Lipinski definition) is 3. The summed E-state index contributed by atoms with van der Waals surface area (Å²) in [5, 5.41) is 9.65. The second-order valence-corrected chi connectivity index (χ2v) is 9.37. The lowest BCUT2D eigenvalue weighted by molar-refractivity contribution is 0.243. The maximum Gasteiger partial charge on any atom is 0.319 e. The zero-order valence-corrected chi connectivity index (χ0v) is 20.2. The molecule has 0 bridgehead atoms. The van der Waals surface area contributed by atoms with Crippen LogP contribution < -0.4 is 25.6 Å². The average molecular weight is 453 g/mol. The smallest absolute Gasteiger partial charge is 0.319 e. The molecule has 8 nitrogen and oxygen atoms in total. The molecule has 0 radical (unpaired) electrons. The number of ether oxygens (including phenoxy) is 1. The maximum atomic E-state index is 12.5. The summed E-state index contributed by atoms with van der Waals surface area (Å²) in [6.07, 6.45) is 8.33. The summed E-state index contributed by atoms with van der Waals surface area (Å²) in [7, 11) is 5.74. The Morgan fingerprint density at radius 3 is 2.48 bits per heavy atom. The largest absolute Gasteiger partial charge is 0.497 e. The van der Waals surface area contributed by atoms with Crippen LogP contribution in [0.1, 0.15) is 55.3 Å². The fourth-order valence-corrected chi connectivity index (χ4v) is 4.82. The van der Waals surface area contributed by atoms with E-state index in [9.17, 15) is 4.79 Å². The topological polar surface area (TPSA) is 91.4 Å². The van der Waals surface area contributed by atoms with Crippen molar-refractivity contribution in [2.75, 3.05) is 36.7 Å². The number of anilines is 3. The van der Waals surface area contributed by atoms with Gasteiger partial charge in [0.15, 0.2) is 0 Å². The van der Waals surface area contributed by atoms with Crippen LogP contribution in [-0.2, 0) is 12.8 Å². The number of carbonyl (C=O) groups is 1. The van der Waals surface area contributed by atoms with Gasteiger partial charge in [0.2, 0.25) is 5.95 Å². The summed E-state index contributed by atoms with van der Waals surface area (Å²) in [6, 6.07) is 5.97. The van der Waals surface area contributed by atoms with Gasteiger partial charge in [0.25, 0.3) is 0 Å². The lowest BCUT2D eigenvalue weighted by atomic mass is 9.91. The Bertz CT molecular complexity index is 985. The van der Waals surface area contributed by atoms with E-state index in [4.69, 9.17) is 14.7 Å². The molecular formula is C25H36N6O2. The SMILES string of the molecule is COc1ccc(NC(=O)NC2CCC(Nc3nc4c(c(N(C)C)n3)CCCC4)CC2)c(C)c1. The van der Waals surface area contributed by atoms with Crippen LogP contribution in [0.25, 0.3) is 0 Å². The number of nitrogens with one attached hydrogen (secondary N) is 3. The Balaban J connectivity index is 1.29. The summed E-state index contributed by atoms with van der Waals surface area (Å²) in [5.74, 6) is 2.57. The highest BCUT2D eigenvalue weighted by atomic mass is 16.5. The van der Waals surface area contributed by atoms with E-state index in [1.807, 2.05) is 25.1 Å². The van der Waals surface area contributed by atoms with Crippen LogP contribution in [0.5, 0.6) is 5.75 Å². The van der Waals surface area contributed by atoms with Gasteiger partial charge in [0.1, 0.15) is 11.6 Å². The lowest BCUT2D eigenvalue weighted by Crippen LogP contribution is -2.42. The fourth-order valence-electron chi connectivity index (χ4n) is 4.82. The van der Waals surface area contributed by atoms with Gasteiger partial charge in [-0.3, -0.25) is 0 Å². The number of methoxy groups -OCH3 is 1. The van der Waals surface area contributed by atoms with Gasteiger partial charge in [-0.05, 0) is 82.1 Å². The molecule has 8 heteroatoms. The fraction of sp³-hybridized carbons (Fsp3) is 0.560. The van der Waals surface area contributed by atoms with Crippen LogP contribution in [0, 0.1) is 6.92 Å². The molecule has 4 rings (SSSR count). The zero-order chi connectivity index (χ0) is 23.4. The van der Waals surface area contributed by atoms with Crippen LogP contribution in [0.3, 0.4) is 0 Å². The van der Waals surface area contributed by atoms with Gasteiger partial charge in [-0.2, -0.15) is 4.98 Å². The summed E-state index contributed by atoms with van der Waals surface area (Å²) in [5.41, 5.74) is 4.27. The molecule has 1 heterocycles. The monoisotopic (exact) mass is 452 g/mol. The van der Waals surface area contributed by atoms with E-state index in [0.717, 1.165) is 67.3 Å². The van der Waals surface area contributed by atoms with E-state index in [2.05, 4.69) is 34.9 Å². The number of rotatable bonds is 6. The van der Waals surface area contributed by atoms with Gasteiger partial charge in [-0.1, -0.05) is 0 Å². The minimum atomic E-state index is -0.159. The van der Waals surface area contributed by atoms with E-state index in [1.165, 1.54) is 24.1 Å². The van der Waals surface area contributed by atoms with Crippen molar-refractivity contribution in [1.29, 1.82) is 0 Å². The number of amides is 2. The summed E-state index contributed by atoms with van der Waals surface area (Å²) in [6.45, 7) is 1.96. The van der Waals surface area contributed by atoms with Gasteiger partial charge < -0.3 is 25.6 Å². The molecule has 0 aliphatic heterocycles. The molecule has 1 saturated carbocycles. The first-order valence-electron chi connectivity index (χ1n) is 12.0. The standard InChI is InChI=1S/C25H36N6O2/c1-16-15-19(33-4)13-14-21(16)29-25(32)27-18-11-9-17(10-12-18)26-24-28-22-8-6-5-7-20(22)23(30-24)31(2)3/h13-15,17-18H,5-12H2,1-4H3,(H,26,28,30)(H2,27,29,32). The van der Waals surface area contributed by atoms with Crippen LogP contribution >= 0.6 is 0 Å². The van der Waals surface area contributed by atoms with Crippen molar-refractivity contribution in [3.05, 3.63) is 35.0 Å². The van der Waals surface area contributed by atoms with E-state index in [0.29, 0.717) is 6.04 Å². The van der Waals surface area contributed by atoms with E-state index < -0.39 is 0 Å². The van der Waals surface area contributed by atoms with Gasteiger partial charge >= 0.3 is 6.03 Å². The molecule has 0 saturated heterocycles. The first-order chi connectivity index (χ1) is 15.9. The summed E-state index contributed by atoms with van der Waals surface area (Å²) >= 11 is 0. The average Bonchev–Trinajstić information content (AvgIpc) is 2.81. The van der Waals surface area contributed by atoms with Crippen molar-refractivity contribution in [3.8, 4) is 5.75 Å². The third kappa shape index (κ3) is 5.67. The molecule has 33 heavy (non-hydrogen) atoms. The number of nitrogens with zero attached hydrogens (tertiary/aromatic N) is 3. The molecule has 2 amide bonds. The van der Waals surface area contributed by atoms with Gasteiger partial charge in [0, 0.05) is 37.4 Å². The predicted octanol–water partition coefficient (Wildman–Crippen LogP) is 4.28. The van der Waals surface area contributed by atoms with Gasteiger partial charge in [0.05, 0.1) is 12.8 Å². The van der Waals surface area contributed by atoms with Crippen LogP contribution in [-0.4, -0.2) is 49.3 Å². The third-order valence-electron chi connectivity index (χ3n) is 6.66. The molecular weight excluding hydrogens is 416 g/mol. The minimum absolute atomic E-state index is 0.159. The van der Waals surface area contributed by atoms with Crippen molar-refractivity contribution in [2.45, 2.75) is 70.4 Å². The molecule has 1 fully saturated rings.